The molecule has 3 heteroatoms. The van der Waals surface area contributed by atoms with E-state index in [4.69, 9.17) is 0 Å². The molecule has 0 aromatic carbocycles. The zero-order chi connectivity index (χ0) is 20.5. The van der Waals surface area contributed by atoms with E-state index in [0.717, 1.165) is 24.2 Å². The van der Waals surface area contributed by atoms with Gasteiger partial charge in [-0.2, -0.15) is 13.8 Å². The maximum atomic E-state index is 13.7. The molecule has 29 heavy (non-hydrogen) atoms. The number of nitrogens with zero attached hydrogens (tertiary/aromatic N) is 1. The van der Waals surface area contributed by atoms with Gasteiger partial charge in [-0.15, -0.1) is 0 Å². The van der Waals surface area contributed by atoms with Crippen LogP contribution in [0.5, 0.6) is 0 Å². The summed E-state index contributed by atoms with van der Waals surface area (Å²) < 4.78 is 26.7. The van der Waals surface area contributed by atoms with E-state index in [-0.39, 0.29) is 0 Å². The first kappa shape index (κ1) is 22.7. The molecule has 2 saturated carbocycles. The molecule has 1 heterocycles. The highest BCUT2D eigenvalue weighted by atomic mass is 19.1. The summed E-state index contributed by atoms with van der Waals surface area (Å²) in [6.45, 7) is 2.29. The summed E-state index contributed by atoms with van der Waals surface area (Å²) in [5.41, 5.74) is 0.571. The maximum Gasteiger partial charge on any atom is 0.218 e. The Morgan fingerprint density at radius 3 is 1.93 bits per heavy atom. The van der Waals surface area contributed by atoms with E-state index in [2.05, 4.69) is 11.9 Å². The summed E-state index contributed by atoms with van der Waals surface area (Å²) in [4.78, 5) is 3.31. The van der Waals surface area contributed by atoms with Crippen LogP contribution in [0.2, 0.25) is 0 Å². The lowest BCUT2D eigenvalue weighted by atomic mass is 9.68. The van der Waals surface area contributed by atoms with Crippen molar-refractivity contribution < 1.29 is 8.78 Å². The van der Waals surface area contributed by atoms with E-state index in [9.17, 15) is 8.78 Å². The van der Waals surface area contributed by atoms with Crippen LogP contribution in [0.1, 0.15) is 109 Å². The average Bonchev–Trinajstić information content (AvgIpc) is 2.74. The Bertz CT molecular complexity index is 586. The van der Waals surface area contributed by atoms with Crippen molar-refractivity contribution in [3.05, 3.63) is 29.6 Å². The predicted octanol–water partition coefficient (Wildman–Crippen LogP) is 8.27. The zero-order valence-electron chi connectivity index (χ0n) is 18.5. The number of rotatable bonds is 10. The lowest BCUT2D eigenvalue weighted by Crippen LogP contribution is -2.26. The summed E-state index contributed by atoms with van der Waals surface area (Å²) in [5.74, 6) is 2.25. The van der Waals surface area contributed by atoms with Gasteiger partial charge in [0.05, 0.1) is 0 Å². The Kier molecular flexibility index (Phi) is 9.39. The molecular weight excluding hydrogens is 364 g/mol. The highest BCUT2D eigenvalue weighted by Crippen LogP contribution is 2.43. The minimum atomic E-state index is -0.724. The first-order valence-corrected chi connectivity index (χ1v) is 12.5. The van der Waals surface area contributed by atoms with Gasteiger partial charge in [0.1, 0.15) is 0 Å². The minimum absolute atomic E-state index is 0.571. The Balaban J connectivity index is 1.30. The van der Waals surface area contributed by atoms with Crippen molar-refractivity contribution in [2.45, 2.75) is 110 Å². The van der Waals surface area contributed by atoms with Crippen molar-refractivity contribution >= 4 is 0 Å². The van der Waals surface area contributed by atoms with E-state index >= 15 is 0 Å². The molecule has 0 unspecified atom stereocenters. The van der Waals surface area contributed by atoms with E-state index in [1.165, 1.54) is 96.0 Å². The zero-order valence-corrected chi connectivity index (χ0v) is 18.5. The standard InChI is InChI=1S/C26H41F2N/c1-2-3-4-5-6-7-20-8-13-22(14-9-20)23-15-10-21(11-16-23)12-17-24-18-19-25(27)29-26(24)28/h18-23H,2-17H2,1H3. The molecule has 0 atom stereocenters. The fraction of sp³-hybridized carbons (Fsp3) is 0.808. The fourth-order valence-electron chi connectivity index (χ4n) is 5.92. The first-order valence-electron chi connectivity index (χ1n) is 12.5. The highest BCUT2D eigenvalue weighted by Gasteiger charge is 2.30. The Morgan fingerprint density at radius 1 is 0.759 bits per heavy atom. The lowest BCUT2D eigenvalue weighted by Gasteiger charge is -2.38. The number of halogens is 2. The van der Waals surface area contributed by atoms with Crippen LogP contribution in [0, 0.1) is 35.6 Å². The van der Waals surface area contributed by atoms with Crippen molar-refractivity contribution in [2.75, 3.05) is 0 Å². The molecule has 0 radical (unpaired) electrons. The Labute approximate surface area is 177 Å². The lowest BCUT2D eigenvalue weighted by molar-refractivity contribution is 0.140. The van der Waals surface area contributed by atoms with Crippen molar-refractivity contribution in [2.24, 2.45) is 23.7 Å². The van der Waals surface area contributed by atoms with Gasteiger partial charge in [0, 0.05) is 5.56 Å². The third-order valence-electron chi connectivity index (χ3n) is 7.88. The number of hydrogen-bond acceptors (Lipinski definition) is 1. The summed E-state index contributed by atoms with van der Waals surface area (Å²) in [7, 11) is 0. The minimum Gasteiger partial charge on any atom is -0.190 e. The van der Waals surface area contributed by atoms with E-state index in [0.29, 0.717) is 17.9 Å². The fourth-order valence-corrected chi connectivity index (χ4v) is 5.92. The van der Waals surface area contributed by atoms with Crippen molar-refractivity contribution in [3.63, 3.8) is 0 Å². The van der Waals surface area contributed by atoms with Gasteiger partial charge in [-0.05, 0) is 74.3 Å². The normalized spacial score (nSPS) is 27.8. The average molecular weight is 406 g/mol. The monoisotopic (exact) mass is 405 g/mol. The van der Waals surface area contributed by atoms with Crippen molar-refractivity contribution in [3.8, 4) is 0 Å². The summed E-state index contributed by atoms with van der Waals surface area (Å²) in [5, 5.41) is 0. The molecule has 1 aromatic heterocycles. The molecule has 0 spiro atoms. The summed E-state index contributed by atoms with van der Waals surface area (Å²) >= 11 is 0. The van der Waals surface area contributed by atoms with Gasteiger partial charge in [0.15, 0.2) is 0 Å². The van der Waals surface area contributed by atoms with Gasteiger partial charge in [0.2, 0.25) is 11.9 Å². The second-order valence-corrected chi connectivity index (χ2v) is 9.89. The smallest absolute Gasteiger partial charge is 0.190 e. The van der Waals surface area contributed by atoms with Crippen LogP contribution in [-0.4, -0.2) is 4.98 Å². The van der Waals surface area contributed by atoms with Crippen LogP contribution in [-0.2, 0) is 6.42 Å². The summed E-state index contributed by atoms with van der Waals surface area (Å²) in [6.07, 6.45) is 21.4. The molecule has 2 aliphatic rings. The maximum absolute atomic E-state index is 13.7. The van der Waals surface area contributed by atoms with Crippen LogP contribution < -0.4 is 0 Å². The van der Waals surface area contributed by atoms with Crippen LogP contribution >= 0.6 is 0 Å². The molecule has 1 aromatic rings. The highest BCUT2D eigenvalue weighted by molar-refractivity contribution is 5.11. The number of aromatic nitrogens is 1. The summed E-state index contributed by atoms with van der Waals surface area (Å²) in [6, 6.07) is 2.84. The Morgan fingerprint density at radius 2 is 1.34 bits per heavy atom. The molecule has 2 aliphatic carbocycles. The van der Waals surface area contributed by atoms with Crippen LogP contribution in [0.15, 0.2) is 12.1 Å². The third kappa shape index (κ3) is 7.33. The third-order valence-corrected chi connectivity index (χ3v) is 7.88. The number of hydrogen-bond donors (Lipinski definition) is 0. The SMILES string of the molecule is CCCCCCCC1CCC(C2CCC(CCc3ccc(F)nc3F)CC2)CC1. The van der Waals surface area contributed by atoms with E-state index in [1.54, 1.807) is 6.07 Å². The van der Waals surface area contributed by atoms with Crippen LogP contribution in [0.3, 0.4) is 0 Å². The quantitative estimate of drug-likeness (QED) is 0.282. The molecule has 0 saturated heterocycles. The molecule has 0 aliphatic heterocycles. The number of pyridine rings is 1. The topological polar surface area (TPSA) is 12.9 Å². The largest absolute Gasteiger partial charge is 0.218 e. The van der Waals surface area contributed by atoms with Gasteiger partial charge in [-0.25, -0.2) is 0 Å². The predicted molar refractivity (Wildman–Crippen MR) is 117 cm³/mol. The van der Waals surface area contributed by atoms with E-state index in [1.807, 2.05) is 0 Å². The molecule has 0 bridgehead atoms. The second kappa shape index (κ2) is 12.0. The Hall–Kier alpha value is -0.990. The second-order valence-electron chi connectivity index (χ2n) is 9.89. The molecule has 0 N–H and O–H groups in total. The van der Waals surface area contributed by atoms with E-state index < -0.39 is 11.9 Å². The molecule has 0 amide bonds. The number of unbranched alkanes of at least 4 members (excludes halogenated alkanes) is 4. The van der Waals surface area contributed by atoms with Crippen LogP contribution in [0.4, 0.5) is 8.78 Å². The van der Waals surface area contributed by atoms with Crippen LogP contribution in [0.25, 0.3) is 0 Å². The van der Waals surface area contributed by atoms with Crippen molar-refractivity contribution in [1.82, 2.24) is 4.98 Å². The number of aryl methyl sites for hydroxylation is 1. The van der Waals surface area contributed by atoms with Gasteiger partial charge in [-0.3, -0.25) is 0 Å². The van der Waals surface area contributed by atoms with Crippen molar-refractivity contribution in [1.29, 1.82) is 0 Å². The molecule has 164 valence electrons. The van der Waals surface area contributed by atoms with Gasteiger partial charge >= 0.3 is 0 Å². The van der Waals surface area contributed by atoms with Gasteiger partial charge in [-0.1, -0.05) is 71.1 Å². The molecule has 2 fully saturated rings. The van der Waals surface area contributed by atoms with Gasteiger partial charge in [0.25, 0.3) is 0 Å². The molecule has 3 rings (SSSR count). The van der Waals surface area contributed by atoms with Gasteiger partial charge < -0.3 is 0 Å². The first-order chi connectivity index (χ1) is 14.2. The molecular formula is C26H41F2N. The molecule has 1 nitrogen and oxygen atoms in total.